The number of hydrogen-bond acceptors (Lipinski definition) is 4. The molecule has 0 aliphatic carbocycles. The number of amidine groups is 1. The van der Waals surface area contributed by atoms with Crippen LogP contribution in [0.15, 0.2) is 17.1 Å². The first-order valence-corrected chi connectivity index (χ1v) is 5.51. The van der Waals surface area contributed by atoms with Crippen molar-refractivity contribution < 1.29 is 18.4 Å². The van der Waals surface area contributed by atoms with Gasteiger partial charge in [0.2, 0.25) is 0 Å². The number of aliphatic imine (C=N–C) groups is 1. The van der Waals surface area contributed by atoms with Crippen LogP contribution in [0.2, 0.25) is 0 Å². The summed E-state index contributed by atoms with van der Waals surface area (Å²) in [6.07, 6.45) is 0.425. The van der Waals surface area contributed by atoms with Gasteiger partial charge in [0, 0.05) is 36.6 Å². The lowest BCUT2D eigenvalue weighted by molar-refractivity contribution is 0.143. The molecule has 18 heavy (non-hydrogen) atoms. The van der Waals surface area contributed by atoms with Crippen LogP contribution >= 0.6 is 0 Å². The molecule has 4 nitrogen and oxygen atoms in total. The minimum Gasteiger partial charge on any atom is -0.497 e. The Labute approximate surface area is 104 Å². The zero-order chi connectivity index (χ0) is 13.1. The average molecular weight is 256 g/mol. The Kier molecular flexibility index (Phi) is 3.76. The Hall–Kier alpha value is -1.69. The molecule has 0 saturated heterocycles. The predicted octanol–water partition coefficient (Wildman–Crippen LogP) is 2.01. The first-order chi connectivity index (χ1) is 8.65. The molecule has 1 atom stereocenters. The zero-order valence-corrected chi connectivity index (χ0v) is 10.2. The van der Waals surface area contributed by atoms with Gasteiger partial charge in [-0.2, -0.15) is 0 Å². The molecular formula is C12H14F2N2O2. The summed E-state index contributed by atoms with van der Waals surface area (Å²) in [5.41, 5.74) is 2.63. The molecule has 1 aliphatic heterocycles. The van der Waals surface area contributed by atoms with Crippen molar-refractivity contribution in [3.8, 4) is 5.75 Å². The van der Waals surface area contributed by atoms with Crippen molar-refractivity contribution in [2.75, 3.05) is 20.8 Å². The van der Waals surface area contributed by atoms with Crippen molar-refractivity contribution in [1.82, 2.24) is 5.48 Å². The van der Waals surface area contributed by atoms with E-state index >= 15 is 0 Å². The molecule has 0 spiro atoms. The fraction of sp³-hybridized carbons (Fsp3) is 0.417. The second-order valence-corrected chi connectivity index (χ2v) is 4.00. The fourth-order valence-corrected chi connectivity index (χ4v) is 2.04. The number of nitrogens with zero attached hydrogens (tertiary/aromatic N) is 1. The van der Waals surface area contributed by atoms with Crippen LogP contribution in [0.3, 0.4) is 0 Å². The Morgan fingerprint density at radius 2 is 1.94 bits per heavy atom. The van der Waals surface area contributed by atoms with Gasteiger partial charge in [-0.1, -0.05) is 0 Å². The zero-order valence-electron chi connectivity index (χ0n) is 10.2. The summed E-state index contributed by atoms with van der Waals surface area (Å²) in [6.45, 7) is 0.339. The van der Waals surface area contributed by atoms with E-state index in [1.807, 2.05) is 0 Å². The van der Waals surface area contributed by atoms with Crippen LogP contribution in [-0.4, -0.2) is 26.6 Å². The van der Waals surface area contributed by atoms with Gasteiger partial charge < -0.3 is 4.74 Å². The predicted molar refractivity (Wildman–Crippen MR) is 62.7 cm³/mol. The summed E-state index contributed by atoms with van der Waals surface area (Å²) < 4.78 is 32.5. The summed E-state index contributed by atoms with van der Waals surface area (Å²) in [5, 5.41) is 0. The van der Waals surface area contributed by atoms with Crippen LogP contribution < -0.4 is 10.2 Å². The number of rotatable bonds is 3. The van der Waals surface area contributed by atoms with Gasteiger partial charge in [-0.25, -0.2) is 8.78 Å². The third-order valence-electron chi connectivity index (χ3n) is 2.86. The number of benzene rings is 1. The van der Waals surface area contributed by atoms with E-state index in [-0.39, 0.29) is 17.2 Å². The Morgan fingerprint density at radius 3 is 2.50 bits per heavy atom. The number of ether oxygens (including phenoxy) is 1. The molecule has 1 unspecified atom stereocenters. The summed E-state index contributed by atoms with van der Waals surface area (Å²) in [4.78, 5) is 8.84. The average Bonchev–Trinajstić information content (AvgIpc) is 2.77. The van der Waals surface area contributed by atoms with Gasteiger partial charge in [-0.15, -0.1) is 0 Å². The van der Waals surface area contributed by atoms with E-state index in [0.717, 1.165) is 0 Å². The van der Waals surface area contributed by atoms with Crippen LogP contribution in [0.1, 0.15) is 17.9 Å². The Balaban J connectivity index is 2.21. The Morgan fingerprint density at radius 1 is 1.28 bits per heavy atom. The highest BCUT2D eigenvalue weighted by molar-refractivity contribution is 5.83. The van der Waals surface area contributed by atoms with E-state index in [0.29, 0.717) is 18.8 Å². The van der Waals surface area contributed by atoms with E-state index in [2.05, 4.69) is 10.5 Å². The molecule has 0 aromatic heterocycles. The summed E-state index contributed by atoms with van der Waals surface area (Å²) >= 11 is 0. The lowest BCUT2D eigenvalue weighted by Crippen LogP contribution is -2.20. The van der Waals surface area contributed by atoms with Gasteiger partial charge in [-0.3, -0.25) is 15.3 Å². The minimum atomic E-state index is -0.606. The molecule has 98 valence electrons. The SMILES string of the molecule is CONC1=NCC(c2c(F)cc(OC)cc2F)C1. The monoisotopic (exact) mass is 256 g/mol. The van der Waals surface area contributed by atoms with Gasteiger partial charge in [0.15, 0.2) is 0 Å². The van der Waals surface area contributed by atoms with Gasteiger partial charge in [0.1, 0.15) is 23.2 Å². The van der Waals surface area contributed by atoms with Crippen LogP contribution in [0.25, 0.3) is 0 Å². The standard InChI is InChI=1S/C12H14F2N2O2/c1-17-8-4-9(13)12(10(14)5-8)7-3-11(15-6-7)16-18-2/h4-5,7H,3,6H2,1-2H3,(H,15,16). The van der Waals surface area contributed by atoms with E-state index in [1.165, 1.54) is 26.4 Å². The van der Waals surface area contributed by atoms with Gasteiger partial charge in [0.25, 0.3) is 0 Å². The van der Waals surface area contributed by atoms with Crippen LogP contribution in [0.5, 0.6) is 5.75 Å². The maximum Gasteiger partial charge on any atom is 0.133 e. The van der Waals surface area contributed by atoms with Crippen LogP contribution in [-0.2, 0) is 4.84 Å². The van der Waals surface area contributed by atoms with Crippen molar-refractivity contribution in [2.24, 2.45) is 4.99 Å². The lowest BCUT2D eigenvalue weighted by Gasteiger charge is -2.13. The van der Waals surface area contributed by atoms with Gasteiger partial charge in [0.05, 0.1) is 14.2 Å². The largest absolute Gasteiger partial charge is 0.497 e. The van der Waals surface area contributed by atoms with Crippen LogP contribution in [0.4, 0.5) is 8.78 Å². The van der Waals surface area contributed by atoms with Crippen molar-refractivity contribution in [3.63, 3.8) is 0 Å². The number of hydroxylamine groups is 1. The van der Waals surface area contributed by atoms with Crippen molar-refractivity contribution in [1.29, 1.82) is 0 Å². The normalized spacial score (nSPS) is 18.7. The molecule has 1 aromatic carbocycles. The number of nitrogens with one attached hydrogen (secondary N) is 1. The van der Waals surface area contributed by atoms with Crippen molar-refractivity contribution in [3.05, 3.63) is 29.3 Å². The molecule has 1 heterocycles. The van der Waals surface area contributed by atoms with Crippen LogP contribution in [0, 0.1) is 11.6 Å². The van der Waals surface area contributed by atoms with Gasteiger partial charge in [-0.05, 0) is 0 Å². The van der Waals surface area contributed by atoms with E-state index in [4.69, 9.17) is 9.57 Å². The molecule has 1 aliphatic rings. The van der Waals surface area contributed by atoms with E-state index < -0.39 is 11.6 Å². The van der Waals surface area contributed by atoms with E-state index in [9.17, 15) is 8.78 Å². The number of methoxy groups -OCH3 is 1. The summed E-state index contributed by atoms with van der Waals surface area (Å²) in [7, 11) is 2.83. The van der Waals surface area contributed by atoms with Crippen molar-refractivity contribution >= 4 is 5.84 Å². The second-order valence-electron chi connectivity index (χ2n) is 4.00. The first-order valence-electron chi connectivity index (χ1n) is 5.51. The molecule has 6 heteroatoms. The molecule has 0 amide bonds. The summed E-state index contributed by atoms with van der Waals surface area (Å²) in [5.74, 6) is -0.759. The fourth-order valence-electron chi connectivity index (χ4n) is 2.04. The third-order valence-corrected chi connectivity index (χ3v) is 2.86. The maximum absolute atomic E-state index is 13.8. The quantitative estimate of drug-likeness (QED) is 0.841. The lowest BCUT2D eigenvalue weighted by atomic mass is 9.96. The highest BCUT2D eigenvalue weighted by Gasteiger charge is 2.26. The second kappa shape index (κ2) is 5.30. The highest BCUT2D eigenvalue weighted by Crippen LogP contribution is 2.31. The molecular weight excluding hydrogens is 242 g/mol. The molecule has 0 radical (unpaired) electrons. The minimum absolute atomic E-state index is 0.0486. The highest BCUT2D eigenvalue weighted by atomic mass is 19.1. The molecule has 0 saturated carbocycles. The number of halogens is 2. The van der Waals surface area contributed by atoms with E-state index in [1.54, 1.807) is 0 Å². The number of hydrogen-bond donors (Lipinski definition) is 1. The molecule has 2 rings (SSSR count). The maximum atomic E-state index is 13.8. The first kappa shape index (κ1) is 12.8. The smallest absolute Gasteiger partial charge is 0.133 e. The topological polar surface area (TPSA) is 42.8 Å². The molecule has 1 N–H and O–H groups in total. The molecule has 0 fully saturated rings. The third kappa shape index (κ3) is 2.43. The van der Waals surface area contributed by atoms with Crippen molar-refractivity contribution in [2.45, 2.75) is 12.3 Å². The molecule has 1 aromatic rings. The Bertz CT molecular complexity index is 454. The molecule has 0 bridgehead atoms. The van der Waals surface area contributed by atoms with Gasteiger partial charge >= 0.3 is 0 Å². The summed E-state index contributed by atoms with van der Waals surface area (Å²) in [6, 6.07) is 2.36.